The molecule has 3 heteroatoms. The zero-order valence-electron chi connectivity index (χ0n) is 9.91. The molecule has 0 amide bonds. The maximum absolute atomic E-state index is 10.7. The Morgan fingerprint density at radius 2 is 2.27 bits per heavy atom. The minimum atomic E-state index is -0.174. The van der Waals surface area contributed by atoms with Crippen LogP contribution in [0, 0.1) is 5.92 Å². The van der Waals surface area contributed by atoms with E-state index in [4.69, 9.17) is 0 Å². The highest BCUT2D eigenvalue weighted by Crippen LogP contribution is 2.19. The molecule has 0 aromatic carbocycles. The van der Waals surface area contributed by atoms with Crippen molar-refractivity contribution < 1.29 is 9.90 Å². The molecule has 88 valence electrons. The van der Waals surface area contributed by atoms with E-state index in [2.05, 4.69) is 4.90 Å². The highest BCUT2D eigenvalue weighted by Gasteiger charge is 2.25. The summed E-state index contributed by atoms with van der Waals surface area (Å²) < 4.78 is 0. The summed E-state index contributed by atoms with van der Waals surface area (Å²) >= 11 is 0. The van der Waals surface area contributed by atoms with Crippen molar-refractivity contribution in [3.63, 3.8) is 0 Å². The zero-order chi connectivity index (χ0) is 11.3. The Hall–Kier alpha value is -0.410. The molecule has 0 aliphatic carbocycles. The van der Waals surface area contributed by atoms with Gasteiger partial charge in [0, 0.05) is 13.0 Å². The molecule has 1 fully saturated rings. The van der Waals surface area contributed by atoms with Crippen LogP contribution in [0.4, 0.5) is 0 Å². The normalized spacial score (nSPS) is 24.3. The van der Waals surface area contributed by atoms with E-state index in [1.165, 1.54) is 0 Å². The second-order valence-electron chi connectivity index (χ2n) is 4.75. The lowest BCUT2D eigenvalue weighted by Gasteiger charge is -2.16. The van der Waals surface area contributed by atoms with Gasteiger partial charge in [-0.05, 0) is 52.1 Å². The van der Waals surface area contributed by atoms with E-state index in [1.54, 1.807) is 6.92 Å². The molecule has 1 rings (SSSR count). The molecule has 0 bridgehead atoms. The van der Waals surface area contributed by atoms with Crippen LogP contribution in [-0.2, 0) is 4.79 Å². The number of aliphatic hydroxyl groups excluding tert-OH is 1. The van der Waals surface area contributed by atoms with Crippen molar-refractivity contribution >= 4 is 5.78 Å². The van der Waals surface area contributed by atoms with Gasteiger partial charge in [0.2, 0.25) is 0 Å². The van der Waals surface area contributed by atoms with E-state index in [1.807, 2.05) is 6.92 Å². The van der Waals surface area contributed by atoms with Gasteiger partial charge in [-0.1, -0.05) is 0 Å². The summed E-state index contributed by atoms with van der Waals surface area (Å²) in [6.07, 6.45) is 3.77. The molecule has 1 heterocycles. The minimum Gasteiger partial charge on any atom is -0.393 e. The fourth-order valence-electron chi connectivity index (χ4n) is 2.17. The molecule has 0 radical (unpaired) electrons. The lowest BCUT2D eigenvalue weighted by Crippen LogP contribution is -2.25. The maximum Gasteiger partial charge on any atom is 0.129 e. The molecule has 1 saturated heterocycles. The van der Waals surface area contributed by atoms with E-state index >= 15 is 0 Å². The Labute approximate surface area is 92.5 Å². The highest BCUT2D eigenvalue weighted by molar-refractivity contribution is 5.75. The van der Waals surface area contributed by atoms with E-state index in [0.717, 1.165) is 38.9 Å². The Balaban J connectivity index is 2.06. The van der Waals surface area contributed by atoms with E-state index < -0.39 is 0 Å². The molecule has 0 saturated carbocycles. The summed E-state index contributed by atoms with van der Waals surface area (Å²) in [5, 5.41) is 9.44. The molecule has 15 heavy (non-hydrogen) atoms. The summed E-state index contributed by atoms with van der Waals surface area (Å²) in [4.78, 5) is 13.1. The monoisotopic (exact) mass is 213 g/mol. The topological polar surface area (TPSA) is 40.5 Å². The molecule has 3 nitrogen and oxygen atoms in total. The van der Waals surface area contributed by atoms with Crippen LogP contribution in [0.1, 0.15) is 39.5 Å². The quantitative estimate of drug-likeness (QED) is 0.679. The molecule has 1 aliphatic heterocycles. The van der Waals surface area contributed by atoms with Gasteiger partial charge in [-0.3, -0.25) is 0 Å². The average molecular weight is 213 g/mol. The summed E-state index contributed by atoms with van der Waals surface area (Å²) in [5.74, 6) is 0.746. The molecular formula is C12H23NO2. The number of rotatable bonds is 6. The van der Waals surface area contributed by atoms with Gasteiger partial charge in [0.05, 0.1) is 6.10 Å². The number of Topliss-reactive ketones (excluding diaryl/α,β-unsaturated/α-hetero) is 1. The number of carbonyl (C=O) groups is 1. The van der Waals surface area contributed by atoms with Gasteiger partial charge in [-0.25, -0.2) is 0 Å². The first-order valence-corrected chi connectivity index (χ1v) is 5.99. The van der Waals surface area contributed by atoms with Crippen molar-refractivity contribution in [2.45, 2.75) is 45.6 Å². The van der Waals surface area contributed by atoms with Crippen LogP contribution in [0.3, 0.4) is 0 Å². The maximum atomic E-state index is 10.7. The summed E-state index contributed by atoms with van der Waals surface area (Å²) in [7, 11) is 0. The summed E-state index contributed by atoms with van der Waals surface area (Å²) in [6.45, 7) is 6.74. The summed E-state index contributed by atoms with van der Waals surface area (Å²) in [6, 6.07) is 0. The van der Waals surface area contributed by atoms with Gasteiger partial charge in [0.25, 0.3) is 0 Å². The van der Waals surface area contributed by atoms with Crippen LogP contribution in [0.5, 0.6) is 0 Å². The number of hydrogen-bond donors (Lipinski definition) is 1. The SMILES string of the molecule is CC(=O)CCCCN1CCC(C(C)O)C1. The van der Waals surface area contributed by atoms with E-state index in [0.29, 0.717) is 18.1 Å². The first kappa shape index (κ1) is 12.7. The number of unbranched alkanes of at least 4 members (excludes halogenated alkanes) is 1. The number of ketones is 1. The van der Waals surface area contributed by atoms with Gasteiger partial charge < -0.3 is 14.8 Å². The van der Waals surface area contributed by atoms with Gasteiger partial charge in [0.15, 0.2) is 0 Å². The lowest BCUT2D eigenvalue weighted by molar-refractivity contribution is -0.117. The van der Waals surface area contributed by atoms with E-state index in [-0.39, 0.29) is 6.10 Å². The smallest absolute Gasteiger partial charge is 0.129 e. The van der Waals surface area contributed by atoms with Gasteiger partial charge in [0.1, 0.15) is 5.78 Å². The van der Waals surface area contributed by atoms with E-state index in [9.17, 15) is 9.90 Å². The molecule has 2 unspecified atom stereocenters. The molecule has 0 aromatic heterocycles. The number of hydrogen-bond acceptors (Lipinski definition) is 3. The van der Waals surface area contributed by atoms with Gasteiger partial charge in [-0.2, -0.15) is 0 Å². The number of carbonyl (C=O) groups excluding carboxylic acids is 1. The third-order valence-corrected chi connectivity index (χ3v) is 3.24. The van der Waals surface area contributed by atoms with Crippen LogP contribution < -0.4 is 0 Å². The van der Waals surface area contributed by atoms with Crippen LogP contribution in [0.2, 0.25) is 0 Å². The predicted octanol–water partition coefficient (Wildman–Crippen LogP) is 1.45. The first-order chi connectivity index (χ1) is 7.09. The Morgan fingerprint density at radius 3 is 2.80 bits per heavy atom. The fraction of sp³-hybridized carbons (Fsp3) is 0.917. The molecular weight excluding hydrogens is 190 g/mol. The van der Waals surface area contributed by atoms with Gasteiger partial charge in [-0.15, -0.1) is 0 Å². The van der Waals surface area contributed by atoms with Crippen molar-refractivity contribution in [2.24, 2.45) is 5.92 Å². The highest BCUT2D eigenvalue weighted by atomic mass is 16.3. The van der Waals surface area contributed by atoms with Gasteiger partial charge >= 0.3 is 0 Å². The second-order valence-corrected chi connectivity index (χ2v) is 4.75. The second kappa shape index (κ2) is 6.23. The fourth-order valence-corrected chi connectivity index (χ4v) is 2.17. The van der Waals surface area contributed by atoms with Crippen molar-refractivity contribution in [1.82, 2.24) is 4.90 Å². The first-order valence-electron chi connectivity index (χ1n) is 5.99. The Morgan fingerprint density at radius 1 is 1.53 bits per heavy atom. The minimum absolute atomic E-state index is 0.174. The number of aliphatic hydroxyl groups is 1. The third-order valence-electron chi connectivity index (χ3n) is 3.24. The van der Waals surface area contributed by atoms with Crippen molar-refractivity contribution in [3.05, 3.63) is 0 Å². The van der Waals surface area contributed by atoms with Crippen LogP contribution >= 0.6 is 0 Å². The van der Waals surface area contributed by atoms with Crippen molar-refractivity contribution in [2.75, 3.05) is 19.6 Å². The number of nitrogens with zero attached hydrogens (tertiary/aromatic N) is 1. The summed E-state index contributed by atoms with van der Waals surface area (Å²) in [5.41, 5.74) is 0. The molecule has 0 spiro atoms. The standard InChI is InChI=1S/C12H23NO2/c1-10(14)5-3-4-7-13-8-6-12(9-13)11(2)15/h11-12,15H,3-9H2,1-2H3. The predicted molar refractivity (Wildman–Crippen MR) is 60.8 cm³/mol. The number of likely N-dealkylation sites (tertiary alicyclic amines) is 1. The molecule has 1 N–H and O–H groups in total. The molecule has 2 atom stereocenters. The molecule has 1 aliphatic rings. The van der Waals surface area contributed by atoms with Crippen LogP contribution in [-0.4, -0.2) is 41.5 Å². The Bertz CT molecular complexity index is 204. The van der Waals surface area contributed by atoms with Crippen LogP contribution in [0.25, 0.3) is 0 Å². The zero-order valence-corrected chi connectivity index (χ0v) is 9.91. The Kier molecular flexibility index (Phi) is 5.26. The average Bonchev–Trinajstić information content (AvgIpc) is 2.60. The third kappa shape index (κ3) is 4.76. The van der Waals surface area contributed by atoms with Crippen molar-refractivity contribution in [1.29, 1.82) is 0 Å². The largest absolute Gasteiger partial charge is 0.393 e. The van der Waals surface area contributed by atoms with Crippen LogP contribution in [0.15, 0.2) is 0 Å². The lowest BCUT2D eigenvalue weighted by atomic mass is 10.0. The van der Waals surface area contributed by atoms with Crippen molar-refractivity contribution in [3.8, 4) is 0 Å². The molecule has 0 aromatic rings.